The molecule has 1 aromatic rings. The van der Waals surface area contributed by atoms with Gasteiger partial charge in [0.2, 0.25) is 11.8 Å². The molecule has 3 N–H and O–H groups in total. The number of aliphatic imine (C=N–C) groups is 1. The molecule has 1 unspecified atom stereocenters. The Hall–Kier alpha value is -1.84. The van der Waals surface area contributed by atoms with Crippen molar-refractivity contribution in [3.63, 3.8) is 0 Å². The lowest BCUT2D eigenvalue weighted by molar-refractivity contribution is -0.127. The van der Waals surface area contributed by atoms with Crippen molar-refractivity contribution in [3.8, 4) is 0 Å². The molecule has 1 fully saturated rings. The second kappa shape index (κ2) is 15.0. The van der Waals surface area contributed by atoms with E-state index in [0.29, 0.717) is 38.4 Å². The molecule has 0 spiro atoms. The van der Waals surface area contributed by atoms with Gasteiger partial charge in [-0.15, -0.1) is 24.0 Å². The molecule has 30 heavy (non-hydrogen) atoms. The fourth-order valence-corrected chi connectivity index (χ4v) is 3.31. The molecule has 0 radical (unpaired) electrons. The van der Waals surface area contributed by atoms with Crippen LogP contribution < -0.4 is 16.0 Å². The van der Waals surface area contributed by atoms with Crippen LogP contribution in [0.5, 0.6) is 0 Å². The molecule has 8 heteroatoms. The molecule has 1 atom stereocenters. The van der Waals surface area contributed by atoms with Crippen LogP contribution in [-0.2, 0) is 16.0 Å². The van der Waals surface area contributed by atoms with Gasteiger partial charge in [0.05, 0.1) is 0 Å². The summed E-state index contributed by atoms with van der Waals surface area (Å²) in [6, 6.07) is 10.3. The van der Waals surface area contributed by atoms with Crippen molar-refractivity contribution in [2.75, 3.05) is 39.3 Å². The summed E-state index contributed by atoms with van der Waals surface area (Å²) in [6.45, 7) is 8.16. The maximum atomic E-state index is 12.3. The van der Waals surface area contributed by atoms with E-state index in [1.54, 1.807) is 0 Å². The number of guanidine groups is 1. The summed E-state index contributed by atoms with van der Waals surface area (Å²) < 4.78 is 0. The Morgan fingerprint density at radius 3 is 2.60 bits per heavy atom. The molecule has 1 saturated heterocycles. The molecule has 168 valence electrons. The van der Waals surface area contributed by atoms with E-state index in [1.165, 1.54) is 5.56 Å². The van der Waals surface area contributed by atoms with Crippen molar-refractivity contribution >= 4 is 41.8 Å². The maximum Gasteiger partial charge on any atom is 0.223 e. The van der Waals surface area contributed by atoms with Gasteiger partial charge in [-0.3, -0.25) is 14.6 Å². The van der Waals surface area contributed by atoms with E-state index in [4.69, 9.17) is 0 Å². The van der Waals surface area contributed by atoms with Crippen LogP contribution in [0.15, 0.2) is 35.3 Å². The van der Waals surface area contributed by atoms with E-state index in [1.807, 2.05) is 36.9 Å². The summed E-state index contributed by atoms with van der Waals surface area (Å²) in [6.07, 6.45) is 2.79. The minimum atomic E-state index is 0. The number of amides is 2. The molecule has 7 nitrogen and oxygen atoms in total. The molecule has 2 rings (SSSR count). The SMILES string of the molecule is CCCNC(=O)CCNC(=NCC1CC(=O)N(CCc2ccccc2)C1)NCC.I. The van der Waals surface area contributed by atoms with Gasteiger partial charge < -0.3 is 20.9 Å². The number of rotatable bonds is 11. The fraction of sp³-hybridized carbons (Fsp3) is 0.591. The topological polar surface area (TPSA) is 85.8 Å². The highest BCUT2D eigenvalue weighted by Crippen LogP contribution is 2.18. The number of halogens is 1. The molecule has 0 bridgehead atoms. The molecule has 0 aromatic heterocycles. The summed E-state index contributed by atoms with van der Waals surface area (Å²) in [5.74, 6) is 1.20. The monoisotopic (exact) mass is 529 g/mol. The first kappa shape index (κ1) is 26.2. The van der Waals surface area contributed by atoms with E-state index >= 15 is 0 Å². The zero-order valence-electron chi connectivity index (χ0n) is 18.2. The highest BCUT2D eigenvalue weighted by atomic mass is 127. The molecule has 1 aliphatic heterocycles. The van der Waals surface area contributed by atoms with Gasteiger partial charge in [-0.25, -0.2) is 0 Å². The third-order valence-corrected chi connectivity index (χ3v) is 4.88. The average molecular weight is 529 g/mol. The minimum Gasteiger partial charge on any atom is -0.357 e. The Bertz CT molecular complexity index is 669. The number of carbonyl (C=O) groups excluding carboxylic acids is 2. The third kappa shape index (κ3) is 9.77. The maximum absolute atomic E-state index is 12.3. The fourth-order valence-electron chi connectivity index (χ4n) is 3.31. The Balaban J connectivity index is 0.00000450. The molecule has 2 amide bonds. The highest BCUT2D eigenvalue weighted by Gasteiger charge is 2.28. The van der Waals surface area contributed by atoms with Crippen LogP contribution in [0.1, 0.15) is 38.7 Å². The summed E-state index contributed by atoms with van der Waals surface area (Å²) in [7, 11) is 0. The van der Waals surface area contributed by atoms with E-state index in [-0.39, 0.29) is 41.7 Å². The summed E-state index contributed by atoms with van der Waals surface area (Å²) in [5, 5.41) is 9.27. The van der Waals surface area contributed by atoms with Gasteiger partial charge in [0.15, 0.2) is 5.96 Å². The number of likely N-dealkylation sites (tertiary alicyclic amines) is 1. The number of carbonyl (C=O) groups is 2. The second-order valence-electron chi connectivity index (χ2n) is 7.39. The summed E-state index contributed by atoms with van der Waals surface area (Å²) in [5.41, 5.74) is 1.25. The Morgan fingerprint density at radius 2 is 1.90 bits per heavy atom. The highest BCUT2D eigenvalue weighted by molar-refractivity contribution is 14.0. The van der Waals surface area contributed by atoms with E-state index < -0.39 is 0 Å². The predicted octanol–water partition coefficient (Wildman–Crippen LogP) is 2.17. The largest absolute Gasteiger partial charge is 0.357 e. The Morgan fingerprint density at radius 1 is 1.13 bits per heavy atom. The zero-order chi connectivity index (χ0) is 20.9. The van der Waals surface area contributed by atoms with Crippen molar-refractivity contribution in [3.05, 3.63) is 35.9 Å². The normalized spacial score (nSPS) is 16.2. The van der Waals surface area contributed by atoms with Crippen LogP contribution in [0.2, 0.25) is 0 Å². The van der Waals surface area contributed by atoms with Crippen molar-refractivity contribution in [2.24, 2.45) is 10.9 Å². The van der Waals surface area contributed by atoms with E-state index in [9.17, 15) is 9.59 Å². The van der Waals surface area contributed by atoms with Crippen LogP contribution in [0.3, 0.4) is 0 Å². The van der Waals surface area contributed by atoms with Crippen molar-refractivity contribution < 1.29 is 9.59 Å². The van der Waals surface area contributed by atoms with Crippen LogP contribution >= 0.6 is 24.0 Å². The van der Waals surface area contributed by atoms with Gasteiger partial charge in [-0.05, 0) is 25.3 Å². The third-order valence-electron chi connectivity index (χ3n) is 4.88. The van der Waals surface area contributed by atoms with Crippen molar-refractivity contribution in [1.82, 2.24) is 20.9 Å². The smallest absolute Gasteiger partial charge is 0.223 e. The lowest BCUT2D eigenvalue weighted by Gasteiger charge is -2.16. The van der Waals surface area contributed by atoms with Gasteiger partial charge in [0, 0.05) is 58.0 Å². The van der Waals surface area contributed by atoms with Crippen LogP contribution in [0, 0.1) is 5.92 Å². The molecule has 1 aliphatic rings. The Kier molecular flexibility index (Phi) is 13.1. The first-order valence-corrected chi connectivity index (χ1v) is 10.7. The number of hydrogen-bond donors (Lipinski definition) is 3. The van der Waals surface area contributed by atoms with Gasteiger partial charge in [-0.2, -0.15) is 0 Å². The number of nitrogens with one attached hydrogen (secondary N) is 3. The van der Waals surface area contributed by atoms with Gasteiger partial charge in [0.1, 0.15) is 0 Å². The van der Waals surface area contributed by atoms with Gasteiger partial charge >= 0.3 is 0 Å². The van der Waals surface area contributed by atoms with Crippen LogP contribution in [0.25, 0.3) is 0 Å². The lowest BCUT2D eigenvalue weighted by atomic mass is 10.1. The van der Waals surface area contributed by atoms with E-state index in [2.05, 4.69) is 33.1 Å². The average Bonchev–Trinajstić information content (AvgIpc) is 3.09. The molecular formula is C22H36IN5O2. The van der Waals surface area contributed by atoms with Crippen LogP contribution in [-0.4, -0.2) is 61.9 Å². The first-order chi connectivity index (χ1) is 14.1. The second-order valence-corrected chi connectivity index (χ2v) is 7.39. The van der Waals surface area contributed by atoms with Gasteiger partial charge in [-0.1, -0.05) is 37.3 Å². The lowest BCUT2D eigenvalue weighted by Crippen LogP contribution is -2.39. The molecular weight excluding hydrogens is 493 g/mol. The molecule has 0 aliphatic carbocycles. The zero-order valence-corrected chi connectivity index (χ0v) is 20.5. The standard InChI is InChI=1S/C22H35N5O2.HI/c1-3-12-24-20(28)10-13-25-22(23-4-2)26-16-19-15-21(29)27(17-19)14-11-18-8-6-5-7-9-18;/h5-9,19H,3-4,10-17H2,1-2H3,(H,24,28)(H2,23,25,26);1H. The van der Waals surface area contributed by atoms with Crippen molar-refractivity contribution in [1.29, 1.82) is 0 Å². The molecule has 1 aromatic carbocycles. The van der Waals surface area contributed by atoms with Gasteiger partial charge in [0.25, 0.3) is 0 Å². The summed E-state index contributed by atoms with van der Waals surface area (Å²) in [4.78, 5) is 30.6. The minimum absolute atomic E-state index is 0. The first-order valence-electron chi connectivity index (χ1n) is 10.7. The quantitative estimate of drug-likeness (QED) is 0.233. The van der Waals surface area contributed by atoms with E-state index in [0.717, 1.165) is 32.5 Å². The number of hydrogen-bond acceptors (Lipinski definition) is 3. The molecule has 0 saturated carbocycles. The predicted molar refractivity (Wildman–Crippen MR) is 132 cm³/mol. The molecule has 1 heterocycles. The number of nitrogens with zero attached hydrogens (tertiary/aromatic N) is 2. The van der Waals surface area contributed by atoms with Crippen LogP contribution in [0.4, 0.5) is 0 Å². The number of benzene rings is 1. The Labute approximate surface area is 197 Å². The summed E-state index contributed by atoms with van der Waals surface area (Å²) >= 11 is 0. The van der Waals surface area contributed by atoms with Crippen molar-refractivity contribution in [2.45, 2.75) is 39.5 Å².